The fourth-order valence-electron chi connectivity index (χ4n) is 6.84. The first kappa shape index (κ1) is 25.4. The van der Waals surface area contributed by atoms with Gasteiger partial charge in [0.2, 0.25) is 0 Å². The Hall–Kier alpha value is -4.55. The number of benzene rings is 4. The quantitative estimate of drug-likeness (QED) is 0.229. The Morgan fingerprint density at radius 2 is 1.12 bits per heavy atom. The van der Waals surface area contributed by atoms with E-state index in [4.69, 9.17) is 11.6 Å². The fraction of sp³-hybridized carbons (Fsp3) is 0.176. The number of hydrogen-bond acceptors (Lipinski definition) is 4. The minimum Gasteiger partial charge on any atom is -0.292 e. The maximum atomic E-state index is 14.3. The van der Waals surface area contributed by atoms with Gasteiger partial charge in [-0.15, -0.1) is 0 Å². The number of ketones is 1. The minimum atomic E-state index is -0.674. The van der Waals surface area contributed by atoms with Crippen molar-refractivity contribution in [3.05, 3.63) is 141 Å². The first-order chi connectivity index (χ1) is 19.8. The van der Waals surface area contributed by atoms with E-state index in [-0.39, 0.29) is 23.2 Å². The van der Waals surface area contributed by atoms with E-state index in [0.717, 1.165) is 37.8 Å². The maximum Gasteiger partial charge on any atom is 0.273 e. The fourth-order valence-corrected chi connectivity index (χ4v) is 6.97. The molecule has 0 unspecified atom stereocenters. The minimum absolute atomic E-state index is 0.219. The van der Waals surface area contributed by atoms with Gasteiger partial charge in [0.05, 0.1) is 11.8 Å². The molecule has 41 heavy (non-hydrogen) atoms. The second-order valence-corrected chi connectivity index (χ2v) is 11.3. The van der Waals surface area contributed by atoms with E-state index in [1.165, 1.54) is 12.1 Å². The van der Waals surface area contributed by atoms with Crippen molar-refractivity contribution in [2.45, 2.75) is 18.8 Å². The van der Waals surface area contributed by atoms with Crippen LogP contribution in [0.15, 0.2) is 97.1 Å². The Balaban J connectivity index is 1.33. The molecule has 2 bridgehead atoms. The third kappa shape index (κ3) is 3.85. The molecular weight excluding hydrogens is 536 g/mol. The van der Waals surface area contributed by atoms with Gasteiger partial charge < -0.3 is 0 Å². The van der Waals surface area contributed by atoms with Crippen molar-refractivity contribution in [3.8, 4) is 0 Å². The van der Waals surface area contributed by atoms with Crippen LogP contribution in [0.2, 0.25) is 5.02 Å². The van der Waals surface area contributed by atoms with Crippen LogP contribution in [0.25, 0.3) is 0 Å². The third-order valence-electron chi connectivity index (χ3n) is 8.66. The number of amides is 3. The van der Waals surface area contributed by atoms with Crippen LogP contribution in [0.5, 0.6) is 0 Å². The van der Waals surface area contributed by atoms with Crippen LogP contribution in [0, 0.1) is 18.8 Å². The Bertz CT molecular complexity index is 1630. The summed E-state index contributed by atoms with van der Waals surface area (Å²) >= 11 is 6.06. The normalized spacial score (nSPS) is 21.8. The van der Waals surface area contributed by atoms with E-state index in [2.05, 4.69) is 0 Å². The molecule has 0 radical (unpaired) electrons. The van der Waals surface area contributed by atoms with Crippen LogP contribution >= 0.6 is 11.6 Å². The number of imide groups is 1. The summed E-state index contributed by atoms with van der Waals surface area (Å²) in [5.41, 5.74) is 5.73. The van der Waals surface area contributed by atoms with Crippen LogP contribution < -0.4 is 0 Å². The van der Waals surface area contributed by atoms with Gasteiger partial charge in [-0.2, -0.15) is 5.01 Å². The van der Waals surface area contributed by atoms with Gasteiger partial charge in [-0.25, -0.2) is 5.01 Å². The number of Topliss-reactive ketones (excluding diaryl/α,β-unsaturated/α-hetero) is 1. The van der Waals surface area contributed by atoms with Gasteiger partial charge in [-0.1, -0.05) is 90.0 Å². The topological polar surface area (TPSA) is 74.8 Å². The average molecular weight is 561 g/mol. The molecule has 0 aromatic heterocycles. The lowest BCUT2D eigenvalue weighted by Gasteiger charge is -2.45. The molecule has 0 N–H and O–H groups in total. The molecule has 2 atom stereocenters. The van der Waals surface area contributed by atoms with Crippen LogP contribution in [0.4, 0.5) is 0 Å². The summed E-state index contributed by atoms with van der Waals surface area (Å²) in [4.78, 5) is 56.1. The van der Waals surface area contributed by atoms with Crippen LogP contribution in [-0.4, -0.2) is 40.1 Å². The van der Waals surface area contributed by atoms with E-state index in [1.54, 1.807) is 24.3 Å². The number of halogens is 1. The summed E-state index contributed by atoms with van der Waals surface area (Å²) in [6, 6.07) is 29.1. The van der Waals surface area contributed by atoms with Crippen molar-refractivity contribution in [2.24, 2.45) is 11.8 Å². The van der Waals surface area contributed by atoms with E-state index in [1.807, 2.05) is 67.6 Å². The largest absolute Gasteiger partial charge is 0.292 e. The molecule has 1 aliphatic heterocycles. The molecule has 4 aromatic rings. The number of carbonyl (C=O) groups excluding carboxylic acids is 4. The van der Waals surface area contributed by atoms with Crippen molar-refractivity contribution >= 4 is 35.1 Å². The second-order valence-electron chi connectivity index (χ2n) is 10.9. The molecule has 202 valence electrons. The van der Waals surface area contributed by atoms with Gasteiger partial charge in [-0.05, 0) is 53.4 Å². The number of rotatable bonds is 5. The Morgan fingerprint density at radius 1 is 0.683 bits per heavy atom. The lowest BCUT2D eigenvalue weighted by molar-refractivity contribution is -0.154. The highest BCUT2D eigenvalue weighted by Crippen LogP contribution is 2.61. The van der Waals surface area contributed by atoms with Crippen LogP contribution in [0.3, 0.4) is 0 Å². The van der Waals surface area contributed by atoms with Crippen molar-refractivity contribution in [1.29, 1.82) is 0 Å². The number of carbonyl (C=O) groups is 4. The average Bonchev–Trinajstić information content (AvgIpc) is 3.26. The SMILES string of the molecule is Cc1ccc(C(=O)CN(C(=O)c2ccc(Cl)cc2)N2C(=O)[C@@H]3C4c5ccccc5C(c5ccccc54)[C@@H]3C2=O)cc1. The highest BCUT2D eigenvalue weighted by atomic mass is 35.5. The summed E-state index contributed by atoms with van der Waals surface area (Å²) in [5.74, 6) is -3.91. The van der Waals surface area contributed by atoms with Gasteiger partial charge >= 0.3 is 0 Å². The molecule has 0 spiro atoms. The summed E-state index contributed by atoms with van der Waals surface area (Å²) in [7, 11) is 0. The van der Waals surface area contributed by atoms with E-state index in [9.17, 15) is 19.2 Å². The number of hydrazine groups is 1. The van der Waals surface area contributed by atoms with Gasteiger partial charge in [0.25, 0.3) is 17.7 Å². The molecule has 3 aliphatic carbocycles. The molecule has 1 fully saturated rings. The maximum absolute atomic E-state index is 14.3. The van der Waals surface area contributed by atoms with Crippen molar-refractivity contribution in [1.82, 2.24) is 10.0 Å². The van der Waals surface area contributed by atoms with Gasteiger partial charge in [-0.3, -0.25) is 19.2 Å². The zero-order valence-electron chi connectivity index (χ0n) is 22.2. The summed E-state index contributed by atoms with van der Waals surface area (Å²) in [6.45, 7) is 1.45. The highest BCUT2D eigenvalue weighted by molar-refractivity contribution is 6.30. The molecule has 1 heterocycles. The molecule has 6 nitrogen and oxygen atoms in total. The zero-order chi connectivity index (χ0) is 28.4. The first-order valence-electron chi connectivity index (χ1n) is 13.6. The molecule has 4 aromatic carbocycles. The Morgan fingerprint density at radius 3 is 1.59 bits per heavy atom. The molecular formula is C34H25ClN2O4. The number of aryl methyl sites for hydroxylation is 1. The van der Waals surface area contributed by atoms with E-state index >= 15 is 0 Å². The third-order valence-corrected chi connectivity index (χ3v) is 8.91. The second kappa shape index (κ2) is 9.53. The smallest absolute Gasteiger partial charge is 0.273 e. The molecule has 3 amide bonds. The van der Waals surface area contributed by atoms with Gasteiger partial charge in [0.1, 0.15) is 6.54 Å². The monoisotopic (exact) mass is 560 g/mol. The number of nitrogens with zero attached hydrogens (tertiary/aromatic N) is 2. The predicted molar refractivity (Wildman–Crippen MR) is 153 cm³/mol. The molecule has 0 saturated carbocycles. The first-order valence-corrected chi connectivity index (χ1v) is 14.0. The van der Waals surface area contributed by atoms with Gasteiger partial charge in [0.15, 0.2) is 5.78 Å². The summed E-state index contributed by atoms with van der Waals surface area (Å²) in [5, 5.41) is 2.43. The lowest BCUT2D eigenvalue weighted by atomic mass is 9.55. The molecule has 7 heteroatoms. The Labute approximate surface area is 242 Å². The standard InChI is InChI=1S/C34H25ClN2O4/c1-19-10-12-20(13-11-19)27(38)18-36(32(39)21-14-16-22(35)17-15-21)37-33(40)30-28-23-6-2-3-7-24(23)29(31(30)34(37)41)26-9-5-4-8-25(26)28/h2-17,28-31H,18H2,1H3/t28?,29?,30-,31+. The van der Waals surface area contributed by atoms with Crippen LogP contribution in [-0.2, 0) is 9.59 Å². The van der Waals surface area contributed by atoms with Crippen LogP contribution in [0.1, 0.15) is 60.4 Å². The predicted octanol–water partition coefficient (Wildman–Crippen LogP) is 5.78. The van der Waals surface area contributed by atoms with Gasteiger partial charge in [0, 0.05) is 28.0 Å². The van der Waals surface area contributed by atoms with Crippen molar-refractivity contribution < 1.29 is 19.2 Å². The summed E-state index contributed by atoms with van der Waals surface area (Å²) < 4.78 is 0. The highest BCUT2D eigenvalue weighted by Gasteiger charge is 2.63. The number of hydrogen-bond donors (Lipinski definition) is 0. The Kier molecular flexibility index (Phi) is 5.91. The van der Waals surface area contributed by atoms with Crippen molar-refractivity contribution in [2.75, 3.05) is 6.54 Å². The van der Waals surface area contributed by atoms with E-state index in [0.29, 0.717) is 10.6 Å². The van der Waals surface area contributed by atoms with Crippen molar-refractivity contribution in [3.63, 3.8) is 0 Å². The molecule has 8 rings (SSSR count). The zero-order valence-corrected chi connectivity index (χ0v) is 22.9. The van der Waals surface area contributed by atoms with E-state index < -0.39 is 36.1 Å². The summed E-state index contributed by atoms with van der Waals surface area (Å²) in [6.07, 6.45) is 0. The molecule has 1 saturated heterocycles. The molecule has 4 aliphatic rings. The lowest BCUT2D eigenvalue weighted by Crippen LogP contribution is -2.52.